The highest BCUT2D eigenvalue weighted by Crippen LogP contribution is 2.13. The van der Waals surface area contributed by atoms with Gasteiger partial charge in [0.05, 0.1) is 19.9 Å². The van der Waals surface area contributed by atoms with Gasteiger partial charge < -0.3 is 19.6 Å². The Morgan fingerprint density at radius 2 is 2.25 bits per heavy atom. The molecular formula is C15H17NO4. The fourth-order valence-electron chi connectivity index (χ4n) is 1.93. The molecule has 0 unspecified atom stereocenters. The van der Waals surface area contributed by atoms with E-state index in [0.29, 0.717) is 12.3 Å². The van der Waals surface area contributed by atoms with Gasteiger partial charge in [0, 0.05) is 0 Å². The van der Waals surface area contributed by atoms with Crippen LogP contribution in [0, 0.1) is 0 Å². The quantitative estimate of drug-likeness (QED) is 0.759. The number of rotatable bonds is 7. The van der Waals surface area contributed by atoms with Gasteiger partial charge in [-0.25, -0.2) is 4.79 Å². The van der Waals surface area contributed by atoms with E-state index in [1.165, 1.54) is 12.3 Å². The summed E-state index contributed by atoms with van der Waals surface area (Å²) in [6, 6.07) is 9.32. The second-order valence-electron chi connectivity index (χ2n) is 4.34. The summed E-state index contributed by atoms with van der Waals surface area (Å²) in [5.74, 6) is 0.313. The summed E-state index contributed by atoms with van der Waals surface area (Å²) in [5.41, 5.74) is 1.37. The zero-order valence-electron chi connectivity index (χ0n) is 11.3. The van der Waals surface area contributed by atoms with Gasteiger partial charge >= 0.3 is 5.97 Å². The van der Waals surface area contributed by atoms with Gasteiger partial charge in [0.15, 0.2) is 0 Å². The first-order valence-corrected chi connectivity index (χ1v) is 6.34. The van der Waals surface area contributed by atoms with Crippen molar-refractivity contribution in [1.29, 1.82) is 0 Å². The predicted molar refractivity (Wildman–Crippen MR) is 74.1 cm³/mol. The molecule has 0 saturated carbocycles. The van der Waals surface area contributed by atoms with Crippen molar-refractivity contribution in [3.8, 4) is 5.75 Å². The third kappa shape index (κ3) is 3.61. The topological polar surface area (TPSA) is 71.7 Å². The maximum absolute atomic E-state index is 10.9. The molecule has 0 aliphatic rings. The highest BCUT2D eigenvalue weighted by atomic mass is 16.5. The third-order valence-corrected chi connectivity index (χ3v) is 2.99. The highest BCUT2D eigenvalue weighted by molar-refractivity contribution is 5.88. The van der Waals surface area contributed by atoms with Gasteiger partial charge in [-0.3, -0.25) is 0 Å². The molecule has 0 spiro atoms. The van der Waals surface area contributed by atoms with Crippen LogP contribution in [0.3, 0.4) is 0 Å². The lowest BCUT2D eigenvalue weighted by atomic mass is 10.1. The van der Waals surface area contributed by atoms with Gasteiger partial charge in [0.1, 0.15) is 17.1 Å². The maximum Gasteiger partial charge on any atom is 0.339 e. The third-order valence-electron chi connectivity index (χ3n) is 2.99. The Labute approximate surface area is 117 Å². The van der Waals surface area contributed by atoms with E-state index in [4.69, 9.17) is 14.3 Å². The lowest BCUT2D eigenvalue weighted by Crippen LogP contribution is -2.17. The highest BCUT2D eigenvalue weighted by Gasteiger charge is 2.12. The van der Waals surface area contributed by atoms with Gasteiger partial charge in [-0.1, -0.05) is 12.1 Å². The van der Waals surface area contributed by atoms with Crippen LogP contribution in [0.1, 0.15) is 21.7 Å². The summed E-state index contributed by atoms with van der Waals surface area (Å²) in [6.45, 7) is 1.13. The van der Waals surface area contributed by atoms with Gasteiger partial charge in [0.2, 0.25) is 0 Å². The number of hydrogen-bond donors (Lipinski definition) is 2. The molecule has 0 amide bonds. The molecule has 1 aromatic heterocycles. The molecule has 0 radical (unpaired) electrons. The molecule has 1 aromatic carbocycles. The molecule has 0 aliphatic heterocycles. The van der Waals surface area contributed by atoms with Gasteiger partial charge in [-0.05, 0) is 36.7 Å². The lowest BCUT2D eigenvalue weighted by Gasteiger charge is -2.06. The number of furan rings is 1. The minimum absolute atomic E-state index is 0.207. The molecule has 106 valence electrons. The average Bonchev–Trinajstić information content (AvgIpc) is 2.92. The standard InChI is InChI=1S/C15H17NO4/c1-19-12-4-2-3-11(9-12)5-7-16-10-14-13(15(17)18)6-8-20-14/h2-4,6,8-9,16H,5,7,10H2,1H3,(H,17,18). The van der Waals surface area contributed by atoms with Crippen molar-refractivity contribution in [2.24, 2.45) is 0 Å². The molecule has 2 aromatic rings. The monoisotopic (exact) mass is 275 g/mol. The smallest absolute Gasteiger partial charge is 0.339 e. The number of carboxylic acids is 1. The van der Waals surface area contributed by atoms with E-state index < -0.39 is 5.97 Å². The molecule has 0 bridgehead atoms. The Bertz CT molecular complexity index is 577. The van der Waals surface area contributed by atoms with E-state index >= 15 is 0 Å². The Morgan fingerprint density at radius 1 is 1.40 bits per heavy atom. The number of aromatic carboxylic acids is 1. The van der Waals surface area contributed by atoms with E-state index in [2.05, 4.69) is 5.32 Å². The van der Waals surface area contributed by atoms with Crippen LogP contribution >= 0.6 is 0 Å². The molecule has 0 aliphatic carbocycles. The van der Waals surface area contributed by atoms with Crippen molar-refractivity contribution >= 4 is 5.97 Å². The van der Waals surface area contributed by atoms with Crippen molar-refractivity contribution in [2.45, 2.75) is 13.0 Å². The zero-order valence-corrected chi connectivity index (χ0v) is 11.3. The first kappa shape index (κ1) is 14.1. The number of methoxy groups -OCH3 is 1. The Balaban J connectivity index is 1.81. The van der Waals surface area contributed by atoms with E-state index in [9.17, 15) is 4.79 Å². The van der Waals surface area contributed by atoms with E-state index in [1.807, 2.05) is 24.3 Å². The summed E-state index contributed by atoms with van der Waals surface area (Å²) in [7, 11) is 1.64. The lowest BCUT2D eigenvalue weighted by molar-refractivity contribution is 0.0694. The second-order valence-corrected chi connectivity index (χ2v) is 4.34. The minimum atomic E-state index is -0.969. The van der Waals surface area contributed by atoms with Crippen LogP contribution in [0.4, 0.5) is 0 Å². The Kier molecular flexibility index (Phi) is 4.79. The van der Waals surface area contributed by atoms with Crippen molar-refractivity contribution < 1.29 is 19.1 Å². The zero-order chi connectivity index (χ0) is 14.4. The number of hydrogen-bond acceptors (Lipinski definition) is 4. The number of carbonyl (C=O) groups is 1. The van der Waals surface area contributed by atoms with Crippen LogP contribution in [0.15, 0.2) is 41.0 Å². The average molecular weight is 275 g/mol. The number of carboxylic acid groups (broad SMARTS) is 1. The van der Waals surface area contributed by atoms with Gasteiger partial charge in [-0.2, -0.15) is 0 Å². The van der Waals surface area contributed by atoms with Crippen molar-refractivity contribution in [3.63, 3.8) is 0 Å². The van der Waals surface area contributed by atoms with Crippen molar-refractivity contribution in [3.05, 3.63) is 53.5 Å². The summed E-state index contributed by atoms with van der Waals surface area (Å²) in [5, 5.41) is 12.1. The number of benzene rings is 1. The molecule has 1 heterocycles. The van der Waals surface area contributed by atoms with Crippen LogP contribution in [-0.2, 0) is 13.0 Å². The summed E-state index contributed by atoms with van der Waals surface area (Å²) >= 11 is 0. The normalized spacial score (nSPS) is 10.4. The molecule has 2 rings (SSSR count). The second kappa shape index (κ2) is 6.77. The Morgan fingerprint density at radius 3 is 3.00 bits per heavy atom. The predicted octanol–water partition coefficient (Wildman–Crippen LogP) is 2.32. The largest absolute Gasteiger partial charge is 0.497 e. The van der Waals surface area contributed by atoms with Crippen molar-refractivity contribution in [2.75, 3.05) is 13.7 Å². The first-order valence-electron chi connectivity index (χ1n) is 6.34. The van der Waals surface area contributed by atoms with Crippen LogP contribution in [-0.4, -0.2) is 24.7 Å². The first-order chi connectivity index (χ1) is 9.70. The van der Waals surface area contributed by atoms with Crippen LogP contribution < -0.4 is 10.1 Å². The van der Waals surface area contributed by atoms with Crippen LogP contribution in [0.25, 0.3) is 0 Å². The summed E-state index contributed by atoms with van der Waals surface area (Å²) in [6.07, 6.45) is 2.23. The molecule has 5 nitrogen and oxygen atoms in total. The van der Waals surface area contributed by atoms with Crippen molar-refractivity contribution in [1.82, 2.24) is 5.32 Å². The summed E-state index contributed by atoms with van der Waals surface area (Å²) < 4.78 is 10.3. The van der Waals surface area contributed by atoms with Gasteiger partial charge in [-0.15, -0.1) is 0 Å². The minimum Gasteiger partial charge on any atom is -0.497 e. The molecule has 0 saturated heterocycles. The molecule has 0 atom stereocenters. The van der Waals surface area contributed by atoms with Crippen LogP contribution in [0.5, 0.6) is 5.75 Å². The SMILES string of the molecule is COc1cccc(CCNCc2occc2C(=O)O)c1. The molecular weight excluding hydrogens is 258 g/mol. The number of ether oxygens (including phenoxy) is 1. The van der Waals surface area contributed by atoms with Crippen LogP contribution in [0.2, 0.25) is 0 Å². The number of nitrogens with one attached hydrogen (secondary N) is 1. The van der Waals surface area contributed by atoms with E-state index in [0.717, 1.165) is 24.3 Å². The fraction of sp³-hybridized carbons (Fsp3) is 0.267. The molecule has 0 fully saturated rings. The Hall–Kier alpha value is -2.27. The molecule has 5 heteroatoms. The van der Waals surface area contributed by atoms with E-state index in [-0.39, 0.29) is 5.56 Å². The fourth-order valence-corrected chi connectivity index (χ4v) is 1.93. The maximum atomic E-state index is 10.9. The van der Waals surface area contributed by atoms with E-state index in [1.54, 1.807) is 7.11 Å². The molecule has 20 heavy (non-hydrogen) atoms. The molecule has 2 N–H and O–H groups in total. The summed E-state index contributed by atoms with van der Waals surface area (Å²) in [4.78, 5) is 10.9. The van der Waals surface area contributed by atoms with Gasteiger partial charge in [0.25, 0.3) is 0 Å².